The molecule has 3 aliphatic rings. The van der Waals surface area contributed by atoms with Gasteiger partial charge < -0.3 is 9.13 Å². The van der Waals surface area contributed by atoms with Crippen LogP contribution in [-0.2, 0) is 6.42 Å². The zero-order chi connectivity index (χ0) is 30.6. The van der Waals surface area contributed by atoms with Crippen molar-refractivity contribution in [3.8, 4) is 6.07 Å². The first-order valence-electron chi connectivity index (χ1n) is 16.4. The predicted molar refractivity (Wildman–Crippen MR) is 192 cm³/mol. The van der Waals surface area contributed by atoms with E-state index in [1.807, 2.05) is 0 Å². The number of nitrogens with zero attached hydrogens (tertiary/aromatic N) is 3. The van der Waals surface area contributed by atoms with Crippen LogP contribution in [0.1, 0.15) is 47.7 Å². The first kappa shape index (κ1) is 26.8. The third kappa shape index (κ3) is 4.11. The Balaban J connectivity index is 1.19. The second-order valence-corrected chi connectivity index (χ2v) is 12.6. The highest BCUT2D eigenvalue weighted by molar-refractivity contribution is 6.08. The summed E-state index contributed by atoms with van der Waals surface area (Å²) >= 11 is 0. The van der Waals surface area contributed by atoms with Crippen LogP contribution in [-0.4, -0.2) is 9.13 Å². The zero-order valence-corrected chi connectivity index (χ0v) is 25.6. The number of nitriles is 1. The molecule has 0 N–H and O–H groups in total. The smallest absolute Gasteiger partial charge is 0.0890 e. The van der Waals surface area contributed by atoms with Crippen molar-refractivity contribution in [2.24, 2.45) is 5.92 Å². The van der Waals surface area contributed by atoms with Gasteiger partial charge in [0.2, 0.25) is 0 Å². The fraction of sp³-hybridized carbons (Fsp3) is 0.140. The molecule has 0 fully saturated rings. The quantitative estimate of drug-likeness (QED) is 0.201. The summed E-state index contributed by atoms with van der Waals surface area (Å²) in [4.78, 5) is 0. The minimum atomic E-state index is -0.259. The largest absolute Gasteiger partial charge is 0.332 e. The first-order chi connectivity index (χ1) is 22.8. The number of fused-ring (bicyclic) bond motifs is 6. The first-order valence-corrected chi connectivity index (χ1v) is 16.4. The van der Waals surface area contributed by atoms with E-state index in [9.17, 15) is 5.26 Å². The summed E-state index contributed by atoms with van der Waals surface area (Å²) in [7, 11) is 0. The van der Waals surface area contributed by atoms with E-state index in [4.69, 9.17) is 0 Å². The van der Waals surface area contributed by atoms with Crippen molar-refractivity contribution in [2.45, 2.75) is 31.7 Å². The molecule has 2 aromatic heterocycles. The third-order valence-corrected chi connectivity index (χ3v) is 10.1. The number of allylic oxidation sites excluding steroid dienone is 9. The van der Waals surface area contributed by atoms with Crippen LogP contribution in [0.2, 0.25) is 0 Å². The van der Waals surface area contributed by atoms with Gasteiger partial charge in [-0.05, 0) is 89.9 Å². The van der Waals surface area contributed by atoms with E-state index in [0.29, 0.717) is 0 Å². The Labute approximate surface area is 269 Å². The maximum absolute atomic E-state index is 10.3. The summed E-state index contributed by atoms with van der Waals surface area (Å²) in [6.45, 7) is 0. The molecule has 0 amide bonds. The van der Waals surface area contributed by atoms with Gasteiger partial charge in [-0.15, -0.1) is 0 Å². The molecular formula is C43H33N3. The highest BCUT2D eigenvalue weighted by Gasteiger charge is 2.27. The van der Waals surface area contributed by atoms with Gasteiger partial charge in [-0.25, -0.2) is 0 Å². The van der Waals surface area contributed by atoms with Crippen molar-refractivity contribution < 1.29 is 0 Å². The molecule has 0 bridgehead atoms. The van der Waals surface area contributed by atoms with E-state index >= 15 is 0 Å². The van der Waals surface area contributed by atoms with E-state index in [1.54, 1.807) is 0 Å². The van der Waals surface area contributed by atoms with Gasteiger partial charge >= 0.3 is 0 Å². The van der Waals surface area contributed by atoms with Gasteiger partial charge in [-0.1, -0.05) is 103 Å². The summed E-state index contributed by atoms with van der Waals surface area (Å²) < 4.78 is 4.86. The Morgan fingerprint density at radius 2 is 1.33 bits per heavy atom. The van der Waals surface area contributed by atoms with Gasteiger partial charge in [-0.3, -0.25) is 0 Å². The van der Waals surface area contributed by atoms with Crippen LogP contribution < -0.4 is 0 Å². The number of para-hydroxylation sites is 3. The Kier molecular flexibility index (Phi) is 6.28. The van der Waals surface area contributed by atoms with Gasteiger partial charge in [0.1, 0.15) is 0 Å². The average Bonchev–Trinajstić information content (AvgIpc) is 3.64. The van der Waals surface area contributed by atoms with Crippen LogP contribution >= 0.6 is 0 Å². The molecule has 3 aliphatic carbocycles. The summed E-state index contributed by atoms with van der Waals surface area (Å²) in [5.41, 5.74) is 12.6. The normalized spacial score (nSPS) is 19.2. The molecule has 3 heteroatoms. The molecule has 220 valence electrons. The lowest BCUT2D eigenvalue weighted by Crippen LogP contribution is -2.17. The average molecular weight is 592 g/mol. The van der Waals surface area contributed by atoms with Crippen molar-refractivity contribution in [3.63, 3.8) is 0 Å². The minimum Gasteiger partial charge on any atom is -0.332 e. The highest BCUT2D eigenvalue weighted by atomic mass is 15.0. The molecule has 0 saturated carbocycles. The standard InChI is InChI=1S/C43H33N3/c44-28-32-25-24-30(27-43(32)46-41-22-9-4-17-36(41)37-18-5-10-23-42(37)46)29-12-11-13-31(26-29)33-14-1-6-19-38(33)45-39-20-7-2-15-34(39)35-16-3-8-21-40(35)45/h2,4-13,15,17-27,32,43H,1,3,14,16H2. The van der Waals surface area contributed by atoms with Crippen molar-refractivity contribution in [3.05, 3.63) is 156 Å². The predicted octanol–water partition coefficient (Wildman–Crippen LogP) is 10.8. The van der Waals surface area contributed by atoms with E-state index in [2.05, 4.69) is 155 Å². The maximum atomic E-state index is 10.3. The molecule has 2 unspecified atom stereocenters. The van der Waals surface area contributed by atoms with Crippen molar-refractivity contribution in [1.29, 1.82) is 5.26 Å². The molecule has 0 aliphatic heterocycles. The molecule has 6 aromatic rings. The molecule has 9 rings (SSSR count). The Morgan fingerprint density at radius 3 is 2.11 bits per heavy atom. The molecule has 2 heterocycles. The summed E-state index contributed by atoms with van der Waals surface area (Å²) in [5.74, 6) is -0.259. The number of aryl methyl sites for hydroxylation is 1. The Hall–Kier alpha value is -5.59. The molecule has 2 atom stereocenters. The van der Waals surface area contributed by atoms with Gasteiger partial charge in [0, 0.05) is 38.6 Å². The molecule has 3 nitrogen and oxygen atoms in total. The molecule has 46 heavy (non-hydrogen) atoms. The number of rotatable bonds is 4. The van der Waals surface area contributed by atoms with E-state index in [-0.39, 0.29) is 12.0 Å². The van der Waals surface area contributed by atoms with E-state index in [1.165, 1.54) is 55.3 Å². The zero-order valence-electron chi connectivity index (χ0n) is 25.6. The summed E-state index contributed by atoms with van der Waals surface area (Å²) in [6.07, 6.45) is 20.0. The fourth-order valence-corrected chi connectivity index (χ4v) is 7.97. The lowest BCUT2D eigenvalue weighted by molar-refractivity contribution is 0.562. The number of benzene rings is 4. The van der Waals surface area contributed by atoms with Crippen LogP contribution in [0.25, 0.3) is 55.6 Å². The monoisotopic (exact) mass is 591 g/mol. The molecule has 0 radical (unpaired) electrons. The SMILES string of the molecule is N#CC1C=CC(c2cccc(C3=C(n4c5c(c6ccccc64)CCC=C5)C=CCC3)c2)=CC1n1c2ccccc2c2ccccc21. The molecule has 4 aromatic carbocycles. The second-order valence-electron chi connectivity index (χ2n) is 12.6. The maximum Gasteiger partial charge on any atom is 0.0890 e. The Bertz CT molecular complexity index is 2340. The molecule has 0 spiro atoms. The lowest BCUT2D eigenvalue weighted by Gasteiger charge is -2.25. The van der Waals surface area contributed by atoms with Gasteiger partial charge in [0.05, 0.1) is 23.5 Å². The topological polar surface area (TPSA) is 33.6 Å². The van der Waals surface area contributed by atoms with Crippen LogP contribution in [0.3, 0.4) is 0 Å². The number of aromatic nitrogens is 2. The number of hydrogen-bond donors (Lipinski definition) is 0. The van der Waals surface area contributed by atoms with Crippen LogP contribution in [0, 0.1) is 17.2 Å². The summed E-state index contributed by atoms with van der Waals surface area (Å²) in [5, 5.41) is 14.1. The highest BCUT2D eigenvalue weighted by Crippen LogP contribution is 2.42. The summed E-state index contributed by atoms with van der Waals surface area (Å²) in [6, 6.07) is 37.5. The van der Waals surface area contributed by atoms with Crippen molar-refractivity contribution in [1.82, 2.24) is 9.13 Å². The van der Waals surface area contributed by atoms with E-state index in [0.717, 1.165) is 42.3 Å². The second kappa shape index (κ2) is 10.8. The fourth-order valence-electron chi connectivity index (χ4n) is 7.97. The molecular weight excluding hydrogens is 558 g/mol. The third-order valence-electron chi connectivity index (χ3n) is 10.1. The lowest BCUT2D eigenvalue weighted by atomic mass is 9.87. The minimum absolute atomic E-state index is 0.115. The van der Waals surface area contributed by atoms with Crippen LogP contribution in [0.15, 0.2) is 134 Å². The molecule has 0 saturated heterocycles. The van der Waals surface area contributed by atoms with Crippen LogP contribution in [0.4, 0.5) is 0 Å². The van der Waals surface area contributed by atoms with Gasteiger partial charge in [0.15, 0.2) is 0 Å². The van der Waals surface area contributed by atoms with E-state index < -0.39 is 0 Å². The van der Waals surface area contributed by atoms with Crippen molar-refractivity contribution in [2.75, 3.05) is 0 Å². The Morgan fingerprint density at radius 1 is 0.652 bits per heavy atom. The van der Waals surface area contributed by atoms with Crippen LogP contribution in [0.5, 0.6) is 0 Å². The van der Waals surface area contributed by atoms with Gasteiger partial charge in [0.25, 0.3) is 0 Å². The van der Waals surface area contributed by atoms with Gasteiger partial charge in [-0.2, -0.15) is 5.26 Å². The number of hydrogen-bond acceptors (Lipinski definition) is 1. The van der Waals surface area contributed by atoms with Crippen molar-refractivity contribution >= 4 is 55.6 Å².